The van der Waals surface area contributed by atoms with Gasteiger partial charge in [0.15, 0.2) is 0 Å². The second-order valence-electron chi connectivity index (χ2n) is 6.22. The van der Waals surface area contributed by atoms with E-state index in [1.54, 1.807) is 10.8 Å². The Balaban J connectivity index is 1.91. The quantitative estimate of drug-likeness (QED) is 0.798. The van der Waals surface area contributed by atoms with E-state index < -0.39 is 5.60 Å². The van der Waals surface area contributed by atoms with E-state index in [0.29, 0.717) is 5.92 Å². The number of hydrogen-bond donors (Lipinski definition) is 0. The lowest BCUT2D eigenvalue weighted by Crippen LogP contribution is -2.26. The molecular formula is C16H19NO3. The first kappa shape index (κ1) is 13.2. The smallest absolute Gasteiger partial charge is 0.418 e. The fourth-order valence-corrected chi connectivity index (χ4v) is 2.31. The monoisotopic (exact) mass is 273 g/mol. The van der Waals surface area contributed by atoms with Crippen molar-refractivity contribution in [2.75, 3.05) is 13.2 Å². The van der Waals surface area contributed by atoms with Gasteiger partial charge < -0.3 is 9.47 Å². The van der Waals surface area contributed by atoms with Gasteiger partial charge >= 0.3 is 6.09 Å². The van der Waals surface area contributed by atoms with Gasteiger partial charge in [0, 0.05) is 17.5 Å². The lowest BCUT2D eigenvalue weighted by Gasteiger charge is -2.26. The summed E-state index contributed by atoms with van der Waals surface area (Å²) >= 11 is 0. The molecule has 0 unspecified atom stereocenters. The number of ether oxygens (including phenoxy) is 2. The highest BCUT2D eigenvalue weighted by molar-refractivity contribution is 5.90. The van der Waals surface area contributed by atoms with Crippen LogP contribution in [0, 0.1) is 0 Å². The van der Waals surface area contributed by atoms with Crippen molar-refractivity contribution in [1.82, 2.24) is 4.57 Å². The van der Waals surface area contributed by atoms with Gasteiger partial charge in [-0.15, -0.1) is 0 Å². The van der Waals surface area contributed by atoms with Crippen molar-refractivity contribution in [3.05, 3.63) is 36.0 Å². The minimum Gasteiger partial charge on any atom is -0.443 e. The van der Waals surface area contributed by atoms with Crippen LogP contribution >= 0.6 is 0 Å². The van der Waals surface area contributed by atoms with Gasteiger partial charge in [-0.3, -0.25) is 4.57 Å². The molecular weight excluding hydrogens is 254 g/mol. The molecule has 0 atom stereocenters. The van der Waals surface area contributed by atoms with E-state index in [2.05, 4.69) is 12.1 Å². The van der Waals surface area contributed by atoms with Crippen LogP contribution in [0.25, 0.3) is 10.9 Å². The van der Waals surface area contributed by atoms with Crippen LogP contribution in [0.5, 0.6) is 0 Å². The van der Waals surface area contributed by atoms with Crippen molar-refractivity contribution in [2.45, 2.75) is 32.3 Å². The molecule has 0 N–H and O–H groups in total. The van der Waals surface area contributed by atoms with Gasteiger partial charge in [-0.2, -0.15) is 0 Å². The van der Waals surface area contributed by atoms with Crippen LogP contribution in [0.1, 0.15) is 32.3 Å². The minimum atomic E-state index is -0.489. The summed E-state index contributed by atoms with van der Waals surface area (Å²) in [6, 6.07) is 8.12. The number of carbonyl (C=O) groups is 1. The number of rotatable bonds is 1. The third kappa shape index (κ3) is 2.43. The second kappa shape index (κ2) is 4.63. The predicted octanol–water partition coefficient (Wildman–Crippen LogP) is 3.54. The molecule has 3 rings (SSSR count). The first-order valence-corrected chi connectivity index (χ1v) is 6.86. The Morgan fingerprint density at radius 1 is 1.30 bits per heavy atom. The minimum absolute atomic E-state index is 0.341. The number of aromatic nitrogens is 1. The molecule has 1 aliphatic heterocycles. The highest BCUT2D eigenvalue weighted by Crippen LogP contribution is 2.27. The summed E-state index contributed by atoms with van der Waals surface area (Å²) < 4.78 is 12.2. The van der Waals surface area contributed by atoms with Crippen molar-refractivity contribution in [1.29, 1.82) is 0 Å². The van der Waals surface area contributed by atoms with Crippen LogP contribution < -0.4 is 0 Å². The second-order valence-corrected chi connectivity index (χ2v) is 6.22. The molecule has 1 fully saturated rings. The standard InChI is InChI=1S/C16H19NO3/c1-16(2,3)20-15(18)17-7-6-12-8-11(4-5-14(12)17)13-9-19-10-13/h4-8,13H,9-10H2,1-3H3. The van der Waals surface area contributed by atoms with Crippen molar-refractivity contribution in [3.8, 4) is 0 Å². The average Bonchev–Trinajstić information content (AvgIpc) is 2.67. The summed E-state index contributed by atoms with van der Waals surface area (Å²) in [5.41, 5.74) is 1.66. The van der Waals surface area contributed by atoms with Crippen molar-refractivity contribution in [2.24, 2.45) is 0 Å². The maximum absolute atomic E-state index is 12.1. The summed E-state index contributed by atoms with van der Waals surface area (Å²) in [4.78, 5) is 12.1. The molecule has 2 heterocycles. The van der Waals surface area contributed by atoms with Gasteiger partial charge in [0.2, 0.25) is 0 Å². The molecule has 0 amide bonds. The first-order valence-electron chi connectivity index (χ1n) is 6.86. The maximum Gasteiger partial charge on any atom is 0.418 e. The predicted molar refractivity (Wildman–Crippen MR) is 77.1 cm³/mol. The molecule has 1 aromatic carbocycles. The lowest BCUT2D eigenvalue weighted by atomic mass is 9.97. The summed E-state index contributed by atoms with van der Waals surface area (Å²) in [6.07, 6.45) is 1.42. The zero-order chi connectivity index (χ0) is 14.3. The first-order chi connectivity index (χ1) is 9.44. The molecule has 0 spiro atoms. The molecule has 1 saturated heterocycles. The third-order valence-electron chi connectivity index (χ3n) is 3.41. The van der Waals surface area contributed by atoms with Gasteiger partial charge in [-0.1, -0.05) is 6.07 Å². The Morgan fingerprint density at radius 2 is 2.05 bits per heavy atom. The Hall–Kier alpha value is -1.81. The van der Waals surface area contributed by atoms with Crippen LogP contribution in [-0.2, 0) is 9.47 Å². The molecule has 2 aromatic rings. The van der Waals surface area contributed by atoms with Crippen molar-refractivity contribution < 1.29 is 14.3 Å². The Bertz CT molecular complexity index is 647. The van der Waals surface area contributed by atoms with Gasteiger partial charge in [0.1, 0.15) is 5.60 Å². The number of benzene rings is 1. The van der Waals surface area contributed by atoms with E-state index in [1.807, 2.05) is 32.9 Å². The highest BCUT2D eigenvalue weighted by Gasteiger charge is 2.22. The van der Waals surface area contributed by atoms with Gasteiger partial charge in [0.25, 0.3) is 0 Å². The van der Waals surface area contributed by atoms with Gasteiger partial charge in [-0.25, -0.2) is 4.79 Å². The number of fused-ring (bicyclic) bond motifs is 1. The molecule has 4 nitrogen and oxygen atoms in total. The number of nitrogens with zero attached hydrogens (tertiary/aromatic N) is 1. The van der Waals surface area contributed by atoms with Gasteiger partial charge in [-0.05, 0) is 44.5 Å². The van der Waals surface area contributed by atoms with E-state index in [-0.39, 0.29) is 6.09 Å². The summed E-state index contributed by atoms with van der Waals surface area (Å²) in [7, 11) is 0. The Labute approximate surface area is 118 Å². The molecule has 20 heavy (non-hydrogen) atoms. The summed E-state index contributed by atoms with van der Waals surface area (Å²) in [5, 5.41) is 1.06. The maximum atomic E-state index is 12.1. The van der Waals surface area contributed by atoms with E-state index in [0.717, 1.165) is 24.1 Å². The van der Waals surface area contributed by atoms with Crippen LogP contribution in [0.15, 0.2) is 30.5 Å². The summed E-state index contributed by atoms with van der Waals surface area (Å²) in [5.74, 6) is 0.490. The van der Waals surface area contributed by atoms with Gasteiger partial charge in [0.05, 0.1) is 18.7 Å². The van der Waals surface area contributed by atoms with E-state index in [4.69, 9.17) is 9.47 Å². The normalized spacial score (nSPS) is 16.1. The van der Waals surface area contributed by atoms with Crippen LogP contribution in [0.2, 0.25) is 0 Å². The fourth-order valence-electron chi connectivity index (χ4n) is 2.31. The van der Waals surface area contributed by atoms with Crippen molar-refractivity contribution in [3.63, 3.8) is 0 Å². The third-order valence-corrected chi connectivity index (χ3v) is 3.41. The number of hydrogen-bond acceptors (Lipinski definition) is 3. The van der Waals surface area contributed by atoms with E-state index >= 15 is 0 Å². The average molecular weight is 273 g/mol. The van der Waals surface area contributed by atoms with Crippen LogP contribution in [-0.4, -0.2) is 29.5 Å². The van der Waals surface area contributed by atoms with Crippen LogP contribution in [0.3, 0.4) is 0 Å². The fraction of sp³-hybridized carbons (Fsp3) is 0.438. The van der Waals surface area contributed by atoms with E-state index in [1.165, 1.54) is 5.56 Å². The molecule has 4 heteroatoms. The van der Waals surface area contributed by atoms with Crippen LogP contribution in [0.4, 0.5) is 4.79 Å². The lowest BCUT2D eigenvalue weighted by molar-refractivity contribution is 0.00847. The molecule has 0 aliphatic carbocycles. The zero-order valence-electron chi connectivity index (χ0n) is 12.1. The molecule has 1 aliphatic rings. The molecule has 1 aromatic heterocycles. The zero-order valence-corrected chi connectivity index (χ0v) is 12.1. The largest absolute Gasteiger partial charge is 0.443 e. The highest BCUT2D eigenvalue weighted by atomic mass is 16.6. The molecule has 106 valence electrons. The Kier molecular flexibility index (Phi) is 3.05. The molecule has 0 saturated carbocycles. The topological polar surface area (TPSA) is 40.5 Å². The summed E-state index contributed by atoms with van der Waals surface area (Å²) in [6.45, 7) is 7.18. The SMILES string of the molecule is CC(C)(C)OC(=O)n1ccc2cc(C3COC3)ccc21. The van der Waals surface area contributed by atoms with E-state index in [9.17, 15) is 4.79 Å². The van der Waals surface area contributed by atoms with Crippen molar-refractivity contribution >= 4 is 17.0 Å². The Morgan fingerprint density at radius 3 is 2.65 bits per heavy atom. The number of carbonyl (C=O) groups excluding carboxylic acids is 1. The molecule has 0 bridgehead atoms. The molecule has 0 radical (unpaired) electrons.